The summed E-state index contributed by atoms with van der Waals surface area (Å²) in [6, 6.07) is 2.47. The van der Waals surface area contributed by atoms with Gasteiger partial charge in [0.2, 0.25) is 15.6 Å². The van der Waals surface area contributed by atoms with Crippen LogP contribution in [0.25, 0.3) is 0 Å². The number of rotatable bonds is 5. The largest absolute Gasteiger partial charge is 0.328 e. The molecule has 6 heteroatoms. The average Bonchev–Trinajstić information content (AvgIpc) is 2.18. The van der Waals surface area contributed by atoms with Crippen LogP contribution in [-0.4, -0.2) is 19.9 Å². The van der Waals surface area contributed by atoms with Crippen LogP contribution in [-0.2, 0) is 10.0 Å². The molecule has 0 spiro atoms. The maximum atomic E-state index is 11.6. The van der Waals surface area contributed by atoms with Crippen molar-refractivity contribution >= 4 is 10.0 Å². The lowest BCUT2D eigenvalue weighted by Gasteiger charge is -2.04. The smallest absolute Gasteiger partial charge is 0.247 e. The fourth-order valence-electron chi connectivity index (χ4n) is 1.03. The molecule has 0 saturated heterocycles. The first-order chi connectivity index (χ1) is 7.06. The van der Waals surface area contributed by atoms with Gasteiger partial charge in [-0.05, 0) is 12.5 Å². The van der Waals surface area contributed by atoms with Crippen LogP contribution in [0.2, 0.25) is 0 Å². The van der Waals surface area contributed by atoms with Gasteiger partial charge in [0.1, 0.15) is 0 Å². The molecule has 1 aromatic heterocycles. The van der Waals surface area contributed by atoms with Gasteiger partial charge in [-0.15, -0.1) is 0 Å². The summed E-state index contributed by atoms with van der Waals surface area (Å²) in [5.74, 6) is 0. The van der Waals surface area contributed by atoms with E-state index in [0.717, 1.165) is 12.8 Å². The maximum absolute atomic E-state index is 11.6. The minimum atomic E-state index is -3.47. The van der Waals surface area contributed by atoms with Crippen LogP contribution in [0.5, 0.6) is 0 Å². The van der Waals surface area contributed by atoms with Gasteiger partial charge in [0, 0.05) is 18.8 Å². The topological polar surface area (TPSA) is 79.0 Å². The fraction of sp³-hybridized carbons (Fsp3) is 0.444. The molecule has 0 unspecified atom stereocenters. The standard InChI is InChI=1S/C9H14N2O3S/c1-2-3-6-11-15(13,14)8-4-5-9(12)10-7-8/h4-5,7,11H,2-3,6H2,1H3,(H,10,12). The Morgan fingerprint density at radius 1 is 1.40 bits per heavy atom. The van der Waals surface area contributed by atoms with Gasteiger partial charge >= 0.3 is 0 Å². The predicted octanol–water partition coefficient (Wildman–Crippen LogP) is 0.453. The molecule has 0 aliphatic rings. The van der Waals surface area contributed by atoms with E-state index in [1.54, 1.807) is 0 Å². The van der Waals surface area contributed by atoms with Crippen molar-refractivity contribution in [3.63, 3.8) is 0 Å². The molecule has 0 amide bonds. The van der Waals surface area contributed by atoms with Crippen molar-refractivity contribution in [3.8, 4) is 0 Å². The van der Waals surface area contributed by atoms with E-state index >= 15 is 0 Å². The van der Waals surface area contributed by atoms with Crippen LogP contribution in [0.1, 0.15) is 19.8 Å². The van der Waals surface area contributed by atoms with Gasteiger partial charge in [-0.3, -0.25) is 4.79 Å². The van der Waals surface area contributed by atoms with Crippen molar-refractivity contribution < 1.29 is 8.42 Å². The highest BCUT2D eigenvalue weighted by atomic mass is 32.2. The van der Waals surface area contributed by atoms with Gasteiger partial charge in [-0.1, -0.05) is 13.3 Å². The Morgan fingerprint density at radius 3 is 2.67 bits per heavy atom. The van der Waals surface area contributed by atoms with E-state index in [9.17, 15) is 13.2 Å². The molecule has 0 bridgehead atoms. The summed E-state index contributed by atoms with van der Waals surface area (Å²) in [5, 5.41) is 0. The highest BCUT2D eigenvalue weighted by molar-refractivity contribution is 7.89. The summed E-state index contributed by atoms with van der Waals surface area (Å²) in [5.41, 5.74) is -0.317. The van der Waals surface area contributed by atoms with Crippen LogP contribution in [0.15, 0.2) is 28.0 Å². The number of nitrogens with one attached hydrogen (secondary N) is 2. The molecule has 5 nitrogen and oxygen atoms in total. The zero-order chi connectivity index (χ0) is 11.3. The van der Waals surface area contributed by atoms with Crippen molar-refractivity contribution in [2.24, 2.45) is 0 Å². The summed E-state index contributed by atoms with van der Waals surface area (Å²) >= 11 is 0. The first-order valence-electron chi connectivity index (χ1n) is 4.74. The van der Waals surface area contributed by atoms with E-state index in [-0.39, 0.29) is 10.5 Å². The molecule has 0 saturated carbocycles. The maximum Gasteiger partial charge on any atom is 0.247 e. The van der Waals surface area contributed by atoms with Crippen molar-refractivity contribution in [2.75, 3.05) is 6.54 Å². The second kappa shape index (κ2) is 5.09. The molecule has 1 rings (SSSR count). The van der Waals surface area contributed by atoms with Gasteiger partial charge in [0.25, 0.3) is 0 Å². The third-order valence-corrected chi connectivity index (χ3v) is 3.35. The molecule has 1 heterocycles. The fourth-order valence-corrected chi connectivity index (χ4v) is 2.07. The predicted molar refractivity (Wildman–Crippen MR) is 57.2 cm³/mol. The summed E-state index contributed by atoms with van der Waals surface area (Å²) in [7, 11) is -3.47. The third-order valence-electron chi connectivity index (χ3n) is 1.89. The van der Waals surface area contributed by atoms with Crippen LogP contribution >= 0.6 is 0 Å². The first kappa shape index (κ1) is 11.9. The van der Waals surface area contributed by atoms with Crippen molar-refractivity contribution in [3.05, 3.63) is 28.7 Å². The van der Waals surface area contributed by atoms with Crippen LogP contribution in [0.3, 0.4) is 0 Å². The molecule has 15 heavy (non-hydrogen) atoms. The molecule has 84 valence electrons. The van der Waals surface area contributed by atoms with Crippen molar-refractivity contribution in [1.29, 1.82) is 0 Å². The number of H-pyrrole nitrogens is 1. The van der Waals surface area contributed by atoms with E-state index in [1.807, 2.05) is 6.92 Å². The Labute approximate surface area is 88.6 Å². The van der Waals surface area contributed by atoms with Gasteiger partial charge in [-0.25, -0.2) is 13.1 Å². The number of hydrogen-bond acceptors (Lipinski definition) is 3. The van der Waals surface area contributed by atoms with Crippen LogP contribution in [0.4, 0.5) is 0 Å². The molecule has 0 atom stereocenters. The molecule has 0 aliphatic heterocycles. The number of pyridine rings is 1. The van der Waals surface area contributed by atoms with Gasteiger partial charge < -0.3 is 4.98 Å². The Morgan fingerprint density at radius 2 is 2.13 bits per heavy atom. The number of aromatic amines is 1. The number of sulfonamides is 1. The molecule has 2 N–H and O–H groups in total. The van der Waals surface area contributed by atoms with E-state index in [0.29, 0.717) is 6.54 Å². The minimum absolute atomic E-state index is 0.0817. The van der Waals surface area contributed by atoms with Gasteiger partial charge in [0.05, 0.1) is 4.90 Å². The highest BCUT2D eigenvalue weighted by Gasteiger charge is 2.12. The second-order valence-electron chi connectivity index (χ2n) is 3.14. The summed E-state index contributed by atoms with van der Waals surface area (Å²) in [4.78, 5) is 13.1. The second-order valence-corrected chi connectivity index (χ2v) is 4.91. The monoisotopic (exact) mass is 230 g/mol. The SMILES string of the molecule is CCCCNS(=O)(=O)c1ccc(=O)[nH]c1. The lowest BCUT2D eigenvalue weighted by molar-refractivity contribution is 0.578. The quantitative estimate of drug-likeness (QED) is 0.721. The normalized spacial score (nSPS) is 11.5. The Balaban J connectivity index is 2.77. The Bertz CT molecular complexity index is 444. The zero-order valence-corrected chi connectivity index (χ0v) is 9.30. The number of hydrogen-bond donors (Lipinski definition) is 2. The third kappa shape index (κ3) is 3.49. The van der Waals surface area contributed by atoms with Crippen molar-refractivity contribution in [2.45, 2.75) is 24.7 Å². The van der Waals surface area contributed by atoms with E-state index < -0.39 is 10.0 Å². The lowest BCUT2D eigenvalue weighted by atomic mass is 10.3. The van der Waals surface area contributed by atoms with Gasteiger partial charge in [0.15, 0.2) is 0 Å². The van der Waals surface area contributed by atoms with E-state index in [4.69, 9.17) is 0 Å². The summed E-state index contributed by atoms with van der Waals surface area (Å²) in [6.45, 7) is 2.40. The molecule has 0 aliphatic carbocycles. The zero-order valence-electron chi connectivity index (χ0n) is 8.49. The molecule has 0 radical (unpaired) electrons. The molecule has 1 aromatic rings. The first-order valence-corrected chi connectivity index (χ1v) is 6.23. The Hall–Kier alpha value is -1.14. The molecule has 0 aromatic carbocycles. The van der Waals surface area contributed by atoms with E-state index in [1.165, 1.54) is 18.3 Å². The lowest BCUT2D eigenvalue weighted by Crippen LogP contribution is -2.25. The average molecular weight is 230 g/mol. The molecule has 0 fully saturated rings. The number of aromatic nitrogens is 1. The summed E-state index contributed by atoms with van der Waals surface area (Å²) in [6.07, 6.45) is 2.91. The van der Waals surface area contributed by atoms with Crippen LogP contribution in [0, 0.1) is 0 Å². The minimum Gasteiger partial charge on any atom is -0.328 e. The number of unbranched alkanes of at least 4 members (excludes halogenated alkanes) is 1. The Kier molecular flexibility index (Phi) is 4.05. The van der Waals surface area contributed by atoms with Gasteiger partial charge in [-0.2, -0.15) is 0 Å². The summed E-state index contributed by atoms with van der Waals surface area (Å²) < 4.78 is 25.6. The van der Waals surface area contributed by atoms with E-state index in [2.05, 4.69) is 9.71 Å². The molecular weight excluding hydrogens is 216 g/mol. The highest BCUT2D eigenvalue weighted by Crippen LogP contribution is 2.03. The van der Waals surface area contributed by atoms with Crippen LogP contribution < -0.4 is 10.3 Å². The molecular formula is C9H14N2O3S. The van der Waals surface area contributed by atoms with Crippen molar-refractivity contribution in [1.82, 2.24) is 9.71 Å².